The van der Waals surface area contributed by atoms with Gasteiger partial charge in [0.15, 0.2) is 0 Å². The van der Waals surface area contributed by atoms with Crippen LogP contribution in [-0.2, 0) is 4.79 Å². The number of carbonyl (C=O) groups is 1. The van der Waals surface area contributed by atoms with E-state index in [0.29, 0.717) is 6.54 Å². The summed E-state index contributed by atoms with van der Waals surface area (Å²) in [5.41, 5.74) is -0.311. The minimum absolute atomic E-state index is 0.311. The number of hydrogen-bond acceptors (Lipinski definition) is 3. The maximum Gasteiger partial charge on any atom is 0.320 e. The average molecular weight is 198 g/mol. The SMILES string of the molecule is C[C@H](NCCCC(C)(C)C#N)C(=O)O. The summed E-state index contributed by atoms with van der Waals surface area (Å²) < 4.78 is 0. The summed E-state index contributed by atoms with van der Waals surface area (Å²) in [7, 11) is 0. The number of aliphatic carboxylic acids is 1. The van der Waals surface area contributed by atoms with E-state index in [1.807, 2.05) is 13.8 Å². The molecule has 4 nitrogen and oxygen atoms in total. The van der Waals surface area contributed by atoms with Gasteiger partial charge in [0.25, 0.3) is 0 Å². The molecule has 4 heteroatoms. The molecule has 0 aromatic rings. The second kappa shape index (κ2) is 5.61. The summed E-state index contributed by atoms with van der Waals surface area (Å²) in [6.45, 7) is 6.01. The molecule has 0 radical (unpaired) electrons. The third-order valence-corrected chi connectivity index (χ3v) is 2.10. The van der Waals surface area contributed by atoms with Gasteiger partial charge in [-0.3, -0.25) is 4.79 Å². The highest BCUT2D eigenvalue weighted by atomic mass is 16.4. The van der Waals surface area contributed by atoms with E-state index in [1.54, 1.807) is 6.92 Å². The van der Waals surface area contributed by atoms with E-state index in [0.717, 1.165) is 12.8 Å². The summed E-state index contributed by atoms with van der Waals surface area (Å²) in [6.07, 6.45) is 1.60. The molecule has 0 fully saturated rings. The first-order chi connectivity index (χ1) is 6.39. The molecule has 80 valence electrons. The number of nitrogens with one attached hydrogen (secondary N) is 1. The van der Waals surface area contributed by atoms with Crippen LogP contribution < -0.4 is 5.32 Å². The predicted molar refractivity (Wildman–Crippen MR) is 53.7 cm³/mol. The van der Waals surface area contributed by atoms with Crippen molar-refractivity contribution in [3.63, 3.8) is 0 Å². The zero-order valence-electron chi connectivity index (χ0n) is 9.00. The molecular formula is C10H18N2O2. The molecule has 0 saturated carbocycles. The minimum atomic E-state index is -0.843. The molecule has 0 aliphatic heterocycles. The van der Waals surface area contributed by atoms with Crippen LogP contribution in [0.15, 0.2) is 0 Å². The first kappa shape index (κ1) is 12.9. The van der Waals surface area contributed by atoms with Crippen LogP contribution in [0.4, 0.5) is 0 Å². The molecule has 0 aromatic carbocycles. The number of carboxylic acids is 1. The van der Waals surface area contributed by atoms with Crippen LogP contribution in [-0.4, -0.2) is 23.7 Å². The average Bonchev–Trinajstić information content (AvgIpc) is 2.12. The Kier molecular flexibility index (Phi) is 5.18. The number of nitriles is 1. The molecule has 14 heavy (non-hydrogen) atoms. The van der Waals surface area contributed by atoms with Crippen LogP contribution in [0, 0.1) is 16.7 Å². The van der Waals surface area contributed by atoms with Crippen molar-refractivity contribution >= 4 is 5.97 Å². The second-order valence-corrected chi connectivity index (χ2v) is 4.11. The first-order valence-electron chi connectivity index (χ1n) is 4.76. The Morgan fingerprint density at radius 2 is 2.21 bits per heavy atom. The molecule has 0 spiro atoms. The number of nitrogens with zero attached hydrogens (tertiary/aromatic N) is 1. The van der Waals surface area contributed by atoms with Crippen LogP contribution in [0.25, 0.3) is 0 Å². The van der Waals surface area contributed by atoms with Crippen molar-refractivity contribution in [2.24, 2.45) is 5.41 Å². The highest BCUT2D eigenvalue weighted by molar-refractivity contribution is 5.72. The molecule has 0 rings (SSSR count). The Morgan fingerprint density at radius 1 is 1.64 bits per heavy atom. The van der Waals surface area contributed by atoms with Crippen molar-refractivity contribution < 1.29 is 9.90 Å². The Morgan fingerprint density at radius 3 is 2.64 bits per heavy atom. The van der Waals surface area contributed by atoms with Gasteiger partial charge in [-0.05, 0) is 40.2 Å². The van der Waals surface area contributed by atoms with Crippen LogP contribution in [0.1, 0.15) is 33.6 Å². The normalized spacial score (nSPS) is 13.3. The molecular weight excluding hydrogens is 180 g/mol. The largest absolute Gasteiger partial charge is 0.480 e. The van der Waals surface area contributed by atoms with Gasteiger partial charge in [0.2, 0.25) is 0 Å². The zero-order chi connectivity index (χ0) is 11.2. The standard InChI is InChI=1S/C10H18N2O2/c1-8(9(13)14)12-6-4-5-10(2,3)7-11/h8,12H,4-6H2,1-3H3,(H,13,14)/t8-/m0/s1. The number of rotatable bonds is 6. The fraction of sp³-hybridized carbons (Fsp3) is 0.800. The summed E-state index contributed by atoms with van der Waals surface area (Å²) >= 11 is 0. The molecule has 0 aliphatic rings. The number of hydrogen-bond donors (Lipinski definition) is 2. The molecule has 0 bridgehead atoms. The summed E-state index contributed by atoms with van der Waals surface area (Å²) in [5.74, 6) is -0.843. The van der Waals surface area contributed by atoms with Gasteiger partial charge in [-0.15, -0.1) is 0 Å². The fourth-order valence-corrected chi connectivity index (χ4v) is 0.992. The molecule has 2 N–H and O–H groups in total. The number of carboxylic acid groups (broad SMARTS) is 1. The van der Waals surface area contributed by atoms with E-state index in [9.17, 15) is 4.79 Å². The Bertz CT molecular complexity index is 231. The quantitative estimate of drug-likeness (QED) is 0.632. The van der Waals surface area contributed by atoms with E-state index in [4.69, 9.17) is 10.4 Å². The fourth-order valence-electron chi connectivity index (χ4n) is 0.992. The van der Waals surface area contributed by atoms with Gasteiger partial charge in [0, 0.05) is 0 Å². The molecule has 0 heterocycles. The van der Waals surface area contributed by atoms with Gasteiger partial charge >= 0.3 is 5.97 Å². The third-order valence-electron chi connectivity index (χ3n) is 2.10. The van der Waals surface area contributed by atoms with E-state index in [-0.39, 0.29) is 5.41 Å². The summed E-state index contributed by atoms with van der Waals surface area (Å²) in [6, 6.07) is 1.69. The lowest BCUT2D eigenvalue weighted by Crippen LogP contribution is -2.34. The Balaban J connectivity index is 3.58. The van der Waals surface area contributed by atoms with Gasteiger partial charge in [0.1, 0.15) is 6.04 Å². The Hall–Kier alpha value is -1.08. The van der Waals surface area contributed by atoms with E-state index in [1.165, 1.54) is 0 Å². The van der Waals surface area contributed by atoms with Crippen molar-refractivity contribution in [2.45, 2.75) is 39.7 Å². The third kappa shape index (κ3) is 5.55. The minimum Gasteiger partial charge on any atom is -0.480 e. The van der Waals surface area contributed by atoms with Crippen LogP contribution in [0.2, 0.25) is 0 Å². The lowest BCUT2D eigenvalue weighted by Gasteiger charge is -2.15. The molecule has 0 aliphatic carbocycles. The van der Waals surface area contributed by atoms with Crippen molar-refractivity contribution in [1.82, 2.24) is 5.32 Å². The predicted octanol–water partition coefficient (Wildman–Crippen LogP) is 1.38. The molecule has 0 amide bonds. The molecule has 0 unspecified atom stereocenters. The Labute approximate surface area is 84.9 Å². The summed E-state index contributed by atoms with van der Waals surface area (Å²) in [4.78, 5) is 10.4. The van der Waals surface area contributed by atoms with Gasteiger partial charge in [-0.25, -0.2) is 0 Å². The van der Waals surface area contributed by atoms with E-state index >= 15 is 0 Å². The zero-order valence-corrected chi connectivity index (χ0v) is 9.00. The first-order valence-corrected chi connectivity index (χ1v) is 4.76. The maximum atomic E-state index is 10.4. The van der Waals surface area contributed by atoms with Gasteiger partial charge in [-0.2, -0.15) is 5.26 Å². The molecule has 0 aromatic heterocycles. The van der Waals surface area contributed by atoms with Crippen LogP contribution in [0.5, 0.6) is 0 Å². The van der Waals surface area contributed by atoms with Gasteiger partial charge in [0.05, 0.1) is 11.5 Å². The van der Waals surface area contributed by atoms with E-state index in [2.05, 4.69) is 11.4 Å². The second-order valence-electron chi connectivity index (χ2n) is 4.11. The molecule has 1 atom stereocenters. The van der Waals surface area contributed by atoms with Crippen molar-refractivity contribution in [3.8, 4) is 6.07 Å². The topological polar surface area (TPSA) is 73.1 Å². The van der Waals surface area contributed by atoms with Crippen molar-refractivity contribution in [2.75, 3.05) is 6.54 Å². The lowest BCUT2D eigenvalue weighted by molar-refractivity contribution is -0.138. The van der Waals surface area contributed by atoms with Crippen LogP contribution >= 0.6 is 0 Å². The van der Waals surface area contributed by atoms with Gasteiger partial charge < -0.3 is 10.4 Å². The van der Waals surface area contributed by atoms with Crippen molar-refractivity contribution in [3.05, 3.63) is 0 Å². The lowest BCUT2D eigenvalue weighted by atomic mass is 9.90. The van der Waals surface area contributed by atoms with Crippen molar-refractivity contribution in [1.29, 1.82) is 5.26 Å². The highest BCUT2D eigenvalue weighted by Crippen LogP contribution is 2.19. The smallest absolute Gasteiger partial charge is 0.320 e. The maximum absolute atomic E-state index is 10.4. The monoisotopic (exact) mass is 198 g/mol. The highest BCUT2D eigenvalue weighted by Gasteiger charge is 2.16. The van der Waals surface area contributed by atoms with Gasteiger partial charge in [-0.1, -0.05) is 0 Å². The summed E-state index contributed by atoms with van der Waals surface area (Å²) in [5, 5.41) is 20.2. The van der Waals surface area contributed by atoms with Crippen LogP contribution in [0.3, 0.4) is 0 Å². The van der Waals surface area contributed by atoms with E-state index < -0.39 is 12.0 Å². The molecule has 0 saturated heterocycles.